The molecule has 0 fully saturated rings. The summed E-state index contributed by atoms with van der Waals surface area (Å²) < 4.78 is 2.05. The Kier molecular flexibility index (Phi) is 4.79. The number of amides is 1. The summed E-state index contributed by atoms with van der Waals surface area (Å²) in [4.78, 5) is 14.2. The summed E-state index contributed by atoms with van der Waals surface area (Å²) in [5.41, 5.74) is 2.19. The van der Waals surface area contributed by atoms with Crippen LogP contribution in [0.25, 0.3) is 10.9 Å². The molecule has 0 atom stereocenters. The third kappa shape index (κ3) is 3.02. The van der Waals surface area contributed by atoms with E-state index < -0.39 is 0 Å². The fourth-order valence-corrected chi connectivity index (χ4v) is 2.51. The first kappa shape index (κ1) is 14.6. The van der Waals surface area contributed by atoms with Gasteiger partial charge in [0.1, 0.15) is 6.54 Å². The van der Waals surface area contributed by atoms with E-state index in [1.165, 1.54) is 0 Å². The highest BCUT2D eigenvalue weighted by Crippen LogP contribution is 2.19. The van der Waals surface area contributed by atoms with Gasteiger partial charge in [0.05, 0.1) is 0 Å². The molecule has 4 heteroatoms. The minimum Gasteiger partial charge on any atom is -0.396 e. The van der Waals surface area contributed by atoms with Crippen LogP contribution in [0.15, 0.2) is 30.3 Å². The molecule has 1 aromatic heterocycles. The molecule has 0 unspecified atom stereocenters. The number of fused-ring (bicyclic) bond motifs is 1. The third-order valence-corrected chi connectivity index (χ3v) is 3.63. The number of aromatic nitrogens is 1. The molecule has 2 rings (SSSR count). The largest absolute Gasteiger partial charge is 0.396 e. The van der Waals surface area contributed by atoms with Gasteiger partial charge in [-0.2, -0.15) is 0 Å². The molecule has 1 N–H and O–H groups in total. The molecule has 1 aromatic carbocycles. The predicted octanol–water partition coefficient (Wildman–Crippen LogP) is 2.18. The zero-order valence-corrected chi connectivity index (χ0v) is 12.2. The summed E-state index contributed by atoms with van der Waals surface area (Å²) in [6.45, 7) is 5.77. The van der Waals surface area contributed by atoms with Crippen molar-refractivity contribution in [3.63, 3.8) is 0 Å². The Bertz CT molecular complexity index is 589. The van der Waals surface area contributed by atoms with Crippen molar-refractivity contribution in [3.05, 3.63) is 36.0 Å². The summed E-state index contributed by atoms with van der Waals surface area (Å²) >= 11 is 0. The van der Waals surface area contributed by atoms with E-state index in [9.17, 15) is 4.79 Å². The van der Waals surface area contributed by atoms with E-state index in [-0.39, 0.29) is 12.5 Å². The van der Waals surface area contributed by atoms with Crippen molar-refractivity contribution in [2.75, 3.05) is 19.7 Å². The summed E-state index contributed by atoms with van der Waals surface area (Å²) in [6, 6.07) is 10.2. The second-order valence-electron chi connectivity index (χ2n) is 4.98. The molecule has 1 heterocycles. The van der Waals surface area contributed by atoms with Crippen LogP contribution < -0.4 is 0 Å². The normalized spacial score (nSPS) is 10.9. The van der Waals surface area contributed by atoms with Gasteiger partial charge in [-0.15, -0.1) is 0 Å². The fraction of sp³-hybridized carbons (Fsp3) is 0.438. The molecule has 0 aliphatic rings. The van der Waals surface area contributed by atoms with Crippen LogP contribution in [0.3, 0.4) is 0 Å². The van der Waals surface area contributed by atoms with Crippen LogP contribution in [0.1, 0.15) is 19.0 Å². The molecule has 2 aromatic rings. The fourth-order valence-electron chi connectivity index (χ4n) is 2.51. The monoisotopic (exact) mass is 274 g/mol. The first-order chi connectivity index (χ1) is 9.67. The van der Waals surface area contributed by atoms with Gasteiger partial charge in [0.2, 0.25) is 5.91 Å². The quantitative estimate of drug-likeness (QED) is 0.877. The smallest absolute Gasteiger partial charge is 0.242 e. The molecular formula is C16H22N2O2. The first-order valence-electron chi connectivity index (χ1n) is 7.11. The number of nitrogens with zero attached hydrogens (tertiary/aromatic N) is 2. The lowest BCUT2D eigenvalue weighted by Gasteiger charge is -2.21. The van der Waals surface area contributed by atoms with Gasteiger partial charge in [-0.05, 0) is 37.8 Å². The number of hydrogen-bond donors (Lipinski definition) is 1. The highest BCUT2D eigenvalue weighted by atomic mass is 16.3. The van der Waals surface area contributed by atoms with Gasteiger partial charge >= 0.3 is 0 Å². The minimum atomic E-state index is 0.102. The number of hydrogen-bond acceptors (Lipinski definition) is 2. The zero-order chi connectivity index (χ0) is 14.5. The summed E-state index contributed by atoms with van der Waals surface area (Å²) in [6.07, 6.45) is 0.630. The van der Waals surface area contributed by atoms with Crippen LogP contribution in [-0.4, -0.2) is 40.2 Å². The van der Waals surface area contributed by atoms with E-state index in [0.29, 0.717) is 26.1 Å². The Hall–Kier alpha value is -1.81. The number of aliphatic hydroxyl groups is 1. The average molecular weight is 274 g/mol. The lowest BCUT2D eigenvalue weighted by molar-refractivity contribution is -0.131. The Morgan fingerprint density at radius 2 is 2.10 bits per heavy atom. The second kappa shape index (κ2) is 6.57. The van der Waals surface area contributed by atoms with Crippen LogP contribution in [0.5, 0.6) is 0 Å². The number of rotatable bonds is 6. The van der Waals surface area contributed by atoms with Gasteiger partial charge in [-0.25, -0.2) is 0 Å². The third-order valence-electron chi connectivity index (χ3n) is 3.63. The number of aliphatic hydroxyl groups excluding tert-OH is 1. The van der Waals surface area contributed by atoms with Crippen molar-refractivity contribution < 1.29 is 9.90 Å². The SMILES string of the molecule is CCN(CCCO)C(=O)Cn1c(C)cc2ccccc21. The summed E-state index contributed by atoms with van der Waals surface area (Å²) in [5, 5.41) is 10.1. The molecule has 1 amide bonds. The van der Waals surface area contributed by atoms with E-state index in [1.54, 1.807) is 4.90 Å². The number of para-hydroxylation sites is 1. The number of aryl methyl sites for hydroxylation is 1. The molecule has 0 aliphatic carbocycles. The topological polar surface area (TPSA) is 45.5 Å². The van der Waals surface area contributed by atoms with E-state index >= 15 is 0 Å². The highest BCUT2D eigenvalue weighted by molar-refractivity contribution is 5.84. The van der Waals surface area contributed by atoms with Crippen LogP contribution in [0, 0.1) is 6.92 Å². The van der Waals surface area contributed by atoms with Crippen molar-refractivity contribution >= 4 is 16.8 Å². The standard InChI is InChI=1S/C16H22N2O2/c1-3-17(9-6-10-19)16(20)12-18-13(2)11-14-7-4-5-8-15(14)18/h4-5,7-8,11,19H,3,6,9-10,12H2,1-2H3. The molecule has 0 saturated carbocycles. The van der Waals surface area contributed by atoms with Crippen molar-refractivity contribution in [2.45, 2.75) is 26.8 Å². The maximum absolute atomic E-state index is 12.4. The number of carbonyl (C=O) groups excluding carboxylic acids is 1. The van der Waals surface area contributed by atoms with E-state index in [4.69, 9.17) is 5.11 Å². The maximum Gasteiger partial charge on any atom is 0.242 e. The number of benzene rings is 1. The number of carbonyl (C=O) groups is 1. The molecule has 0 spiro atoms. The molecule has 0 radical (unpaired) electrons. The van der Waals surface area contributed by atoms with E-state index in [2.05, 4.69) is 16.7 Å². The first-order valence-corrected chi connectivity index (χ1v) is 7.11. The van der Waals surface area contributed by atoms with Gasteiger partial charge in [0, 0.05) is 30.9 Å². The van der Waals surface area contributed by atoms with Crippen molar-refractivity contribution in [2.24, 2.45) is 0 Å². The summed E-state index contributed by atoms with van der Waals surface area (Å²) in [5.74, 6) is 0.102. The van der Waals surface area contributed by atoms with E-state index in [0.717, 1.165) is 16.6 Å². The highest BCUT2D eigenvalue weighted by Gasteiger charge is 2.14. The molecule has 108 valence electrons. The lowest BCUT2D eigenvalue weighted by Crippen LogP contribution is -2.35. The van der Waals surface area contributed by atoms with Gasteiger partial charge in [0.15, 0.2) is 0 Å². The average Bonchev–Trinajstić information content (AvgIpc) is 2.76. The van der Waals surface area contributed by atoms with Gasteiger partial charge in [-0.3, -0.25) is 4.79 Å². The molecule has 20 heavy (non-hydrogen) atoms. The second-order valence-corrected chi connectivity index (χ2v) is 4.98. The van der Waals surface area contributed by atoms with Gasteiger partial charge < -0.3 is 14.6 Å². The molecule has 0 saturated heterocycles. The molecule has 0 aliphatic heterocycles. The maximum atomic E-state index is 12.4. The Balaban J connectivity index is 2.18. The van der Waals surface area contributed by atoms with Gasteiger partial charge in [-0.1, -0.05) is 18.2 Å². The van der Waals surface area contributed by atoms with Crippen LogP contribution in [0.4, 0.5) is 0 Å². The molecule has 4 nitrogen and oxygen atoms in total. The zero-order valence-electron chi connectivity index (χ0n) is 12.2. The Morgan fingerprint density at radius 3 is 2.80 bits per heavy atom. The summed E-state index contributed by atoms with van der Waals surface area (Å²) in [7, 11) is 0. The van der Waals surface area contributed by atoms with Gasteiger partial charge in [0.25, 0.3) is 0 Å². The Labute approximate surface area is 119 Å². The van der Waals surface area contributed by atoms with Crippen molar-refractivity contribution in [1.29, 1.82) is 0 Å². The minimum absolute atomic E-state index is 0.102. The molecular weight excluding hydrogens is 252 g/mol. The van der Waals surface area contributed by atoms with Crippen LogP contribution in [-0.2, 0) is 11.3 Å². The lowest BCUT2D eigenvalue weighted by atomic mass is 10.2. The van der Waals surface area contributed by atoms with Crippen molar-refractivity contribution in [3.8, 4) is 0 Å². The number of likely N-dealkylation sites (N-methyl/N-ethyl adjacent to an activating group) is 1. The van der Waals surface area contributed by atoms with Crippen molar-refractivity contribution in [1.82, 2.24) is 9.47 Å². The molecule has 0 bridgehead atoms. The van der Waals surface area contributed by atoms with Crippen LogP contribution in [0.2, 0.25) is 0 Å². The Morgan fingerprint density at radius 1 is 1.35 bits per heavy atom. The van der Waals surface area contributed by atoms with Crippen LogP contribution >= 0.6 is 0 Å². The predicted molar refractivity (Wildman–Crippen MR) is 80.6 cm³/mol. The van der Waals surface area contributed by atoms with E-state index in [1.807, 2.05) is 32.0 Å².